The molecule has 0 radical (unpaired) electrons. The summed E-state index contributed by atoms with van der Waals surface area (Å²) in [6, 6.07) is 0.705. The Labute approximate surface area is 125 Å². The molecule has 3 atom stereocenters. The van der Waals surface area contributed by atoms with E-state index in [1.165, 1.54) is 32.1 Å². The number of hydrogen-bond donors (Lipinski definition) is 1. The molecule has 0 aliphatic heterocycles. The highest BCUT2D eigenvalue weighted by molar-refractivity contribution is 4.85. The largest absolute Gasteiger partial charge is 0.382 e. The van der Waals surface area contributed by atoms with Crippen LogP contribution < -0.4 is 5.32 Å². The van der Waals surface area contributed by atoms with E-state index in [9.17, 15) is 0 Å². The molecule has 1 N–H and O–H groups in total. The van der Waals surface area contributed by atoms with Crippen LogP contribution in [-0.2, 0) is 9.47 Å². The Morgan fingerprint density at radius 1 is 1.15 bits per heavy atom. The summed E-state index contributed by atoms with van der Waals surface area (Å²) in [5.74, 6) is 2.50. The van der Waals surface area contributed by atoms with E-state index in [0.717, 1.165) is 37.5 Å². The van der Waals surface area contributed by atoms with Gasteiger partial charge in [0.2, 0.25) is 0 Å². The fourth-order valence-corrected chi connectivity index (χ4v) is 3.30. The van der Waals surface area contributed by atoms with Crippen LogP contribution in [0.15, 0.2) is 0 Å². The minimum Gasteiger partial charge on any atom is -0.382 e. The molecule has 0 amide bonds. The topological polar surface area (TPSA) is 30.5 Å². The minimum atomic E-state index is 0.705. The number of ether oxygens (including phenoxy) is 2. The highest BCUT2D eigenvalue weighted by atomic mass is 16.5. The lowest BCUT2D eigenvalue weighted by Gasteiger charge is -2.38. The maximum absolute atomic E-state index is 5.67. The molecule has 20 heavy (non-hydrogen) atoms. The van der Waals surface area contributed by atoms with Crippen LogP contribution in [0.3, 0.4) is 0 Å². The van der Waals surface area contributed by atoms with Gasteiger partial charge in [-0.1, -0.05) is 20.8 Å². The van der Waals surface area contributed by atoms with Crippen molar-refractivity contribution in [1.82, 2.24) is 5.32 Å². The summed E-state index contributed by atoms with van der Waals surface area (Å²) in [4.78, 5) is 0. The first-order valence-electron chi connectivity index (χ1n) is 8.49. The average molecular weight is 285 g/mol. The van der Waals surface area contributed by atoms with Crippen LogP contribution in [0.25, 0.3) is 0 Å². The molecule has 1 fully saturated rings. The van der Waals surface area contributed by atoms with Gasteiger partial charge in [-0.2, -0.15) is 0 Å². The second-order valence-electron chi connectivity index (χ2n) is 6.53. The van der Waals surface area contributed by atoms with Gasteiger partial charge in [0.25, 0.3) is 0 Å². The summed E-state index contributed by atoms with van der Waals surface area (Å²) in [6.45, 7) is 10.4. The summed E-state index contributed by atoms with van der Waals surface area (Å²) in [6.07, 6.45) is 6.51. The fraction of sp³-hybridized carbons (Fsp3) is 1.00. The highest BCUT2D eigenvalue weighted by Crippen LogP contribution is 2.35. The van der Waals surface area contributed by atoms with E-state index < -0.39 is 0 Å². The van der Waals surface area contributed by atoms with Crippen LogP contribution in [0.1, 0.15) is 52.9 Å². The van der Waals surface area contributed by atoms with Crippen molar-refractivity contribution in [2.75, 3.05) is 33.5 Å². The maximum Gasteiger partial charge on any atom is 0.0700 e. The van der Waals surface area contributed by atoms with Gasteiger partial charge in [0, 0.05) is 19.8 Å². The summed E-state index contributed by atoms with van der Waals surface area (Å²) in [5, 5.41) is 3.75. The molecule has 1 rings (SSSR count). The van der Waals surface area contributed by atoms with E-state index in [2.05, 4.69) is 26.1 Å². The molecule has 1 aliphatic carbocycles. The summed E-state index contributed by atoms with van der Waals surface area (Å²) >= 11 is 0. The molecule has 0 aromatic rings. The lowest BCUT2D eigenvalue weighted by atomic mass is 9.72. The van der Waals surface area contributed by atoms with Gasteiger partial charge in [0.1, 0.15) is 0 Å². The summed E-state index contributed by atoms with van der Waals surface area (Å²) < 4.78 is 10.7. The van der Waals surface area contributed by atoms with Gasteiger partial charge in [-0.15, -0.1) is 0 Å². The first-order valence-corrected chi connectivity index (χ1v) is 8.49. The molecule has 120 valence electrons. The predicted molar refractivity (Wildman–Crippen MR) is 85.1 cm³/mol. The third-order valence-corrected chi connectivity index (χ3v) is 4.69. The number of nitrogens with one attached hydrogen (secondary N) is 1. The van der Waals surface area contributed by atoms with Gasteiger partial charge >= 0.3 is 0 Å². The molecule has 3 heteroatoms. The quantitative estimate of drug-likeness (QED) is 0.623. The monoisotopic (exact) mass is 285 g/mol. The van der Waals surface area contributed by atoms with Gasteiger partial charge in [0.05, 0.1) is 13.2 Å². The first-order chi connectivity index (χ1) is 9.69. The van der Waals surface area contributed by atoms with Crippen LogP contribution in [0.4, 0.5) is 0 Å². The van der Waals surface area contributed by atoms with Crippen molar-refractivity contribution in [3.05, 3.63) is 0 Å². The molecule has 0 saturated heterocycles. The number of rotatable bonds is 10. The van der Waals surface area contributed by atoms with E-state index in [-0.39, 0.29) is 0 Å². The van der Waals surface area contributed by atoms with Crippen LogP contribution in [0.5, 0.6) is 0 Å². The summed E-state index contributed by atoms with van der Waals surface area (Å²) in [5.41, 5.74) is 0. The molecule has 1 aliphatic rings. The lowest BCUT2D eigenvalue weighted by molar-refractivity contribution is 0.0523. The van der Waals surface area contributed by atoms with E-state index in [1.54, 1.807) is 7.11 Å². The fourth-order valence-electron chi connectivity index (χ4n) is 3.30. The van der Waals surface area contributed by atoms with Crippen LogP contribution >= 0.6 is 0 Å². The van der Waals surface area contributed by atoms with E-state index in [0.29, 0.717) is 12.6 Å². The molecule has 0 spiro atoms. The molecular formula is C17H35NO2. The molecule has 0 aromatic heterocycles. The second kappa shape index (κ2) is 10.6. The van der Waals surface area contributed by atoms with Gasteiger partial charge in [0.15, 0.2) is 0 Å². The van der Waals surface area contributed by atoms with Crippen molar-refractivity contribution in [2.24, 2.45) is 17.8 Å². The van der Waals surface area contributed by atoms with E-state index >= 15 is 0 Å². The molecule has 1 saturated carbocycles. The van der Waals surface area contributed by atoms with Crippen molar-refractivity contribution >= 4 is 0 Å². The Morgan fingerprint density at radius 3 is 2.60 bits per heavy atom. The smallest absolute Gasteiger partial charge is 0.0700 e. The van der Waals surface area contributed by atoms with Gasteiger partial charge in [-0.25, -0.2) is 0 Å². The number of methoxy groups -OCH3 is 1. The third kappa shape index (κ3) is 6.55. The van der Waals surface area contributed by atoms with Crippen molar-refractivity contribution < 1.29 is 9.47 Å². The first kappa shape index (κ1) is 17.9. The van der Waals surface area contributed by atoms with Crippen LogP contribution in [0.2, 0.25) is 0 Å². The average Bonchev–Trinajstić information content (AvgIpc) is 2.45. The molecule has 3 unspecified atom stereocenters. The van der Waals surface area contributed by atoms with Gasteiger partial charge in [-0.3, -0.25) is 0 Å². The SMILES string of the molecule is CCCNC1CCC(C(C)C)CC1CCOCCOC. The minimum absolute atomic E-state index is 0.705. The Morgan fingerprint density at radius 2 is 1.95 bits per heavy atom. The molecule has 0 aromatic carbocycles. The van der Waals surface area contributed by atoms with Crippen LogP contribution in [0, 0.1) is 17.8 Å². The zero-order valence-corrected chi connectivity index (χ0v) is 14.0. The highest BCUT2D eigenvalue weighted by Gasteiger charge is 2.31. The van der Waals surface area contributed by atoms with Crippen molar-refractivity contribution in [3.8, 4) is 0 Å². The third-order valence-electron chi connectivity index (χ3n) is 4.69. The maximum atomic E-state index is 5.67. The van der Waals surface area contributed by atoms with E-state index in [4.69, 9.17) is 9.47 Å². The molecular weight excluding hydrogens is 250 g/mol. The second-order valence-corrected chi connectivity index (χ2v) is 6.53. The van der Waals surface area contributed by atoms with Crippen LogP contribution in [-0.4, -0.2) is 39.5 Å². The predicted octanol–water partition coefficient (Wildman–Crippen LogP) is 3.48. The van der Waals surface area contributed by atoms with Crippen molar-refractivity contribution in [3.63, 3.8) is 0 Å². The Bertz CT molecular complexity index is 233. The zero-order chi connectivity index (χ0) is 14.8. The molecule has 3 nitrogen and oxygen atoms in total. The lowest BCUT2D eigenvalue weighted by Crippen LogP contribution is -2.42. The van der Waals surface area contributed by atoms with Crippen molar-refractivity contribution in [2.45, 2.75) is 58.9 Å². The standard InChI is InChI=1S/C17H35NO2/c1-5-9-18-17-7-6-15(14(2)3)13-16(17)8-10-20-12-11-19-4/h14-18H,5-13H2,1-4H3. The summed E-state index contributed by atoms with van der Waals surface area (Å²) in [7, 11) is 1.72. The Hall–Kier alpha value is -0.120. The molecule has 0 heterocycles. The van der Waals surface area contributed by atoms with Crippen molar-refractivity contribution in [1.29, 1.82) is 0 Å². The van der Waals surface area contributed by atoms with E-state index in [1.807, 2.05) is 0 Å². The van der Waals surface area contributed by atoms with Gasteiger partial charge in [-0.05, 0) is 56.4 Å². The molecule has 0 bridgehead atoms. The van der Waals surface area contributed by atoms with Gasteiger partial charge < -0.3 is 14.8 Å². The normalized spacial score (nSPS) is 27.1. The Balaban J connectivity index is 2.36. The Kier molecular flexibility index (Phi) is 9.49. The zero-order valence-electron chi connectivity index (χ0n) is 14.0. The number of hydrogen-bond acceptors (Lipinski definition) is 3.